The van der Waals surface area contributed by atoms with Crippen LogP contribution in [0.3, 0.4) is 0 Å². The van der Waals surface area contributed by atoms with Gasteiger partial charge in [-0.25, -0.2) is 4.79 Å². The molecule has 0 saturated carbocycles. The minimum Gasteiger partial charge on any atom is -0.493 e. The van der Waals surface area contributed by atoms with Crippen molar-refractivity contribution < 1.29 is 14.3 Å². The molecule has 0 unspecified atom stereocenters. The second-order valence-corrected chi connectivity index (χ2v) is 4.53. The average molecular weight is 281 g/mol. The summed E-state index contributed by atoms with van der Waals surface area (Å²) in [5, 5.41) is 5.39. The Kier molecular flexibility index (Phi) is 7.27. The van der Waals surface area contributed by atoms with E-state index in [9.17, 15) is 4.79 Å². The van der Waals surface area contributed by atoms with E-state index in [1.165, 1.54) is 0 Å². The van der Waals surface area contributed by atoms with Crippen molar-refractivity contribution in [3.05, 3.63) is 24.3 Å². The van der Waals surface area contributed by atoms with E-state index in [0.29, 0.717) is 18.0 Å². The van der Waals surface area contributed by atoms with Gasteiger partial charge >= 0.3 is 6.03 Å². The normalized spacial score (nSPS) is 10.2. The summed E-state index contributed by atoms with van der Waals surface area (Å²) in [6, 6.07) is 7.06. The zero-order valence-electron chi connectivity index (χ0n) is 12.3. The SMILES string of the molecule is COc1ccccc1OCNC(=O)NCCCN(C)C. The Balaban J connectivity index is 2.18. The number of nitrogens with zero attached hydrogens (tertiary/aromatic N) is 1. The van der Waals surface area contributed by atoms with Gasteiger partial charge < -0.3 is 25.0 Å². The van der Waals surface area contributed by atoms with E-state index in [1.807, 2.05) is 26.2 Å². The predicted octanol–water partition coefficient (Wildman–Crippen LogP) is 1.28. The molecule has 6 heteroatoms. The lowest BCUT2D eigenvalue weighted by Gasteiger charge is -2.12. The van der Waals surface area contributed by atoms with Crippen LogP contribution >= 0.6 is 0 Å². The highest BCUT2D eigenvalue weighted by Gasteiger charge is 2.03. The number of nitrogens with one attached hydrogen (secondary N) is 2. The summed E-state index contributed by atoms with van der Waals surface area (Å²) >= 11 is 0. The number of hydrogen-bond acceptors (Lipinski definition) is 4. The molecule has 0 aromatic heterocycles. The van der Waals surface area contributed by atoms with E-state index in [0.717, 1.165) is 13.0 Å². The molecule has 0 aliphatic carbocycles. The molecule has 0 bridgehead atoms. The Labute approximate surface area is 120 Å². The Morgan fingerprint density at radius 3 is 2.55 bits per heavy atom. The summed E-state index contributed by atoms with van der Waals surface area (Å²) in [6.07, 6.45) is 0.911. The van der Waals surface area contributed by atoms with Crippen molar-refractivity contribution in [3.8, 4) is 11.5 Å². The third-order valence-electron chi connectivity index (χ3n) is 2.60. The van der Waals surface area contributed by atoms with Crippen LogP contribution < -0.4 is 20.1 Å². The number of benzene rings is 1. The molecule has 2 N–H and O–H groups in total. The molecule has 1 aromatic rings. The van der Waals surface area contributed by atoms with Crippen molar-refractivity contribution in [3.63, 3.8) is 0 Å². The molecule has 2 amide bonds. The van der Waals surface area contributed by atoms with E-state index < -0.39 is 0 Å². The van der Waals surface area contributed by atoms with Gasteiger partial charge in [0, 0.05) is 6.54 Å². The molecular formula is C14H23N3O3. The standard InChI is InChI=1S/C14H23N3O3/c1-17(2)10-6-9-15-14(18)16-11-20-13-8-5-4-7-12(13)19-3/h4-5,7-8H,6,9-11H2,1-3H3,(H2,15,16,18). The number of carbonyl (C=O) groups is 1. The van der Waals surface area contributed by atoms with Crippen molar-refractivity contribution >= 4 is 6.03 Å². The first-order chi connectivity index (χ1) is 9.63. The van der Waals surface area contributed by atoms with E-state index >= 15 is 0 Å². The number of carbonyl (C=O) groups excluding carboxylic acids is 1. The van der Waals surface area contributed by atoms with Crippen LogP contribution in [0.15, 0.2) is 24.3 Å². The van der Waals surface area contributed by atoms with Crippen LogP contribution in [0, 0.1) is 0 Å². The largest absolute Gasteiger partial charge is 0.493 e. The highest BCUT2D eigenvalue weighted by molar-refractivity contribution is 5.73. The number of rotatable bonds is 8. The molecule has 20 heavy (non-hydrogen) atoms. The molecular weight excluding hydrogens is 258 g/mol. The number of amides is 2. The summed E-state index contributed by atoms with van der Waals surface area (Å²) in [4.78, 5) is 13.6. The van der Waals surface area contributed by atoms with Gasteiger partial charge in [-0.15, -0.1) is 0 Å². The van der Waals surface area contributed by atoms with Crippen LogP contribution in [-0.4, -0.2) is 52.0 Å². The Bertz CT molecular complexity index is 410. The zero-order chi connectivity index (χ0) is 14.8. The molecule has 0 saturated heterocycles. The lowest BCUT2D eigenvalue weighted by atomic mass is 10.3. The maximum Gasteiger partial charge on any atom is 0.317 e. The molecule has 0 atom stereocenters. The van der Waals surface area contributed by atoms with Crippen LogP contribution in [0.25, 0.3) is 0 Å². The first kappa shape index (κ1) is 16.1. The van der Waals surface area contributed by atoms with Gasteiger partial charge in [-0.3, -0.25) is 0 Å². The maximum absolute atomic E-state index is 11.5. The number of para-hydroxylation sites is 2. The molecule has 1 aromatic carbocycles. The average Bonchev–Trinajstić information content (AvgIpc) is 2.44. The van der Waals surface area contributed by atoms with Crippen LogP contribution in [-0.2, 0) is 0 Å². The van der Waals surface area contributed by atoms with E-state index in [1.54, 1.807) is 19.2 Å². The van der Waals surface area contributed by atoms with Gasteiger partial charge in [0.1, 0.15) is 0 Å². The molecule has 0 radical (unpaired) electrons. The van der Waals surface area contributed by atoms with Crippen molar-refractivity contribution in [2.75, 3.05) is 41.0 Å². The smallest absolute Gasteiger partial charge is 0.317 e. The van der Waals surface area contributed by atoms with E-state index in [2.05, 4.69) is 15.5 Å². The second-order valence-electron chi connectivity index (χ2n) is 4.53. The summed E-state index contributed by atoms with van der Waals surface area (Å²) in [5.41, 5.74) is 0. The van der Waals surface area contributed by atoms with Gasteiger partial charge in [0.15, 0.2) is 18.2 Å². The lowest BCUT2D eigenvalue weighted by Crippen LogP contribution is -2.38. The molecule has 0 aliphatic heterocycles. The Morgan fingerprint density at radius 1 is 1.20 bits per heavy atom. The molecule has 6 nitrogen and oxygen atoms in total. The quantitative estimate of drug-likeness (QED) is 0.556. The molecule has 0 aliphatic rings. The van der Waals surface area contributed by atoms with Crippen LogP contribution in [0.5, 0.6) is 11.5 Å². The van der Waals surface area contributed by atoms with Gasteiger partial charge in [-0.05, 0) is 39.2 Å². The third-order valence-corrected chi connectivity index (χ3v) is 2.60. The second kappa shape index (κ2) is 9.03. The van der Waals surface area contributed by atoms with Gasteiger partial charge in [0.05, 0.1) is 7.11 Å². The topological polar surface area (TPSA) is 62.8 Å². The molecule has 0 heterocycles. The summed E-state index contributed by atoms with van der Waals surface area (Å²) < 4.78 is 10.6. The fourth-order valence-electron chi connectivity index (χ4n) is 1.58. The van der Waals surface area contributed by atoms with E-state index in [4.69, 9.17) is 9.47 Å². The monoisotopic (exact) mass is 281 g/mol. The lowest BCUT2D eigenvalue weighted by molar-refractivity contribution is 0.221. The number of hydrogen-bond donors (Lipinski definition) is 2. The van der Waals surface area contributed by atoms with Crippen molar-refractivity contribution in [2.45, 2.75) is 6.42 Å². The minimum atomic E-state index is -0.237. The van der Waals surface area contributed by atoms with Gasteiger partial charge in [0.2, 0.25) is 0 Å². The van der Waals surface area contributed by atoms with Gasteiger partial charge in [-0.1, -0.05) is 12.1 Å². The highest BCUT2D eigenvalue weighted by atomic mass is 16.5. The summed E-state index contributed by atoms with van der Waals surface area (Å²) in [6.45, 7) is 1.68. The molecule has 0 fully saturated rings. The first-order valence-electron chi connectivity index (χ1n) is 6.55. The van der Waals surface area contributed by atoms with Crippen molar-refractivity contribution in [1.82, 2.24) is 15.5 Å². The summed E-state index contributed by atoms with van der Waals surface area (Å²) in [7, 11) is 5.58. The van der Waals surface area contributed by atoms with Crippen molar-refractivity contribution in [2.24, 2.45) is 0 Å². The van der Waals surface area contributed by atoms with Gasteiger partial charge in [0.25, 0.3) is 0 Å². The van der Waals surface area contributed by atoms with Crippen LogP contribution in [0.1, 0.15) is 6.42 Å². The zero-order valence-corrected chi connectivity index (χ0v) is 12.3. The van der Waals surface area contributed by atoms with Gasteiger partial charge in [-0.2, -0.15) is 0 Å². The van der Waals surface area contributed by atoms with Crippen LogP contribution in [0.4, 0.5) is 4.79 Å². The van der Waals surface area contributed by atoms with E-state index in [-0.39, 0.29) is 12.8 Å². The maximum atomic E-state index is 11.5. The number of urea groups is 1. The Hall–Kier alpha value is -1.95. The predicted molar refractivity (Wildman–Crippen MR) is 78.2 cm³/mol. The minimum absolute atomic E-state index is 0.0971. The number of ether oxygens (including phenoxy) is 2. The fourth-order valence-corrected chi connectivity index (χ4v) is 1.58. The van der Waals surface area contributed by atoms with Crippen LogP contribution in [0.2, 0.25) is 0 Å². The first-order valence-corrected chi connectivity index (χ1v) is 6.55. The third kappa shape index (κ3) is 6.29. The molecule has 1 rings (SSSR count). The molecule has 0 spiro atoms. The summed E-state index contributed by atoms with van der Waals surface area (Å²) in [5.74, 6) is 1.24. The molecule has 112 valence electrons. The number of methoxy groups -OCH3 is 1. The Morgan fingerprint density at radius 2 is 1.90 bits per heavy atom. The van der Waals surface area contributed by atoms with Crippen molar-refractivity contribution in [1.29, 1.82) is 0 Å². The highest BCUT2D eigenvalue weighted by Crippen LogP contribution is 2.25. The fraction of sp³-hybridized carbons (Fsp3) is 0.500.